The van der Waals surface area contributed by atoms with Gasteiger partial charge >= 0.3 is 0 Å². The monoisotopic (exact) mass is 257 g/mol. The van der Waals surface area contributed by atoms with Crippen LogP contribution < -0.4 is 10.5 Å². The maximum absolute atomic E-state index is 12.0. The predicted octanol–water partition coefficient (Wildman–Crippen LogP) is 0.408. The summed E-state index contributed by atoms with van der Waals surface area (Å²) in [7, 11) is -3.67. The molecule has 0 radical (unpaired) electrons. The number of sulfonamides is 1. The van der Waals surface area contributed by atoms with E-state index in [-0.39, 0.29) is 10.7 Å². The molecule has 94 valence electrons. The van der Waals surface area contributed by atoms with Crippen LogP contribution in [-0.2, 0) is 10.0 Å². The molecule has 6 nitrogen and oxygen atoms in total. The first kappa shape index (κ1) is 13.5. The van der Waals surface area contributed by atoms with Crippen molar-refractivity contribution in [2.24, 2.45) is 10.9 Å². The zero-order valence-electron chi connectivity index (χ0n) is 9.58. The van der Waals surface area contributed by atoms with Crippen LogP contribution >= 0.6 is 0 Å². The fourth-order valence-electron chi connectivity index (χ4n) is 1.30. The van der Waals surface area contributed by atoms with Gasteiger partial charge in [0.05, 0.1) is 10.9 Å². The van der Waals surface area contributed by atoms with Crippen molar-refractivity contribution in [1.82, 2.24) is 4.72 Å². The Labute approximate surface area is 100 Å². The van der Waals surface area contributed by atoms with Crippen molar-refractivity contribution in [2.45, 2.75) is 24.8 Å². The number of oxime groups is 1. The highest BCUT2D eigenvalue weighted by atomic mass is 32.2. The highest BCUT2D eigenvalue weighted by molar-refractivity contribution is 7.89. The van der Waals surface area contributed by atoms with Crippen LogP contribution in [0.4, 0.5) is 0 Å². The third kappa shape index (κ3) is 3.18. The molecule has 1 atom stereocenters. The summed E-state index contributed by atoms with van der Waals surface area (Å²) in [6.07, 6.45) is 0. The molecular weight excluding hydrogens is 242 g/mol. The molecule has 0 spiro atoms. The summed E-state index contributed by atoms with van der Waals surface area (Å²) in [6.45, 7) is 3.19. The van der Waals surface area contributed by atoms with Crippen molar-refractivity contribution in [1.29, 1.82) is 0 Å². The summed E-state index contributed by atoms with van der Waals surface area (Å²) in [5.41, 5.74) is 5.94. The average molecular weight is 257 g/mol. The fraction of sp³-hybridized carbons (Fsp3) is 0.300. The summed E-state index contributed by atoms with van der Waals surface area (Å²) in [4.78, 5) is 0.178. The van der Waals surface area contributed by atoms with Crippen molar-refractivity contribution in [3.8, 4) is 0 Å². The quantitative estimate of drug-likeness (QED) is 0.314. The van der Waals surface area contributed by atoms with Gasteiger partial charge in [-0.1, -0.05) is 23.4 Å². The van der Waals surface area contributed by atoms with Crippen molar-refractivity contribution in [2.75, 3.05) is 0 Å². The molecule has 1 unspecified atom stereocenters. The molecule has 17 heavy (non-hydrogen) atoms. The molecule has 0 amide bonds. The standard InChI is InChI=1S/C10H15N3O3S/c1-7-5-3-4-6-9(7)17(15,16)13-8(2)10(11)12-14/h3-6,8,13-14H,1-2H3,(H2,11,12). The second-order valence-electron chi connectivity index (χ2n) is 3.63. The Kier molecular flexibility index (Phi) is 4.08. The molecule has 0 aromatic heterocycles. The molecule has 0 heterocycles. The van der Waals surface area contributed by atoms with E-state index in [0.717, 1.165) is 0 Å². The van der Waals surface area contributed by atoms with Gasteiger partial charge in [-0.3, -0.25) is 0 Å². The predicted molar refractivity (Wildman–Crippen MR) is 64.4 cm³/mol. The minimum absolute atomic E-state index is 0.178. The van der Waals surface area contributed by atoms with Crippen molar-refractivity contribution >= 4 is 15.9 Å². The van der Waals surface area contributed by atoms with E-state index in [1.54, 1.807) is 25.1 Å². The van der Waals surface area contributed by atoms with Gasteiger partial charge < -0.3 is 10.9 Å². The van der Waals surface area contributed by atoms with Crippen LogP contribution in [-0.4, -0.2) is 25.5 Å². The van der Waals surface area contributed by atoms with Crippen LogP contribution in [0.3, 0.4) is 0 Å². The molecule has 7 heteroatoms. The third-order valence-corrected chi connectivity index (χ3v) is 3.98. The third-order valence-electron chi connectivity index (χ3n) is 2.27. The number of nitrogens with one attached hydrogen (secondary N) is 1. The van der Waals surface area contributed by atoms with Gasteiger partial charge in [-0.25, -0.2) is 13.1 Å². The summed E-state index contributed by atoms with van der Waals surface area (Å²) < 4.78 is 26.3. The molecule has 1 aromatic rings. The average Bonchev–Trinajstić information content (AvgIpc) is 2.27. The van der Waals surface area contributed by atoms with Crippen molar-refractivity contribution in [3.05, 3.63) is 29.8 Å². The lowest BCUT2D eigenvalue weighted by Gasteiger charge is -2.13. The number of nitrogens with two attached hydrogens (primary N) is 1. The zero-order chi connectivity index (χ0) is 13.1. The van der Waals surface area contributed by atoms with Gasteiger partial charge in [0.2, 0.25) is 10.0 Å². The lowest BCUT2D eigenvalue weighted by molar-refractivity contribution is 0.316. The normalized spacial score (nSPS) is 14.6. The minimum Gasteiger partial charge on any atom is -0.409 e. The maximum atomic E-state index is 12.0. The summed E-state index contributed by atoms with van der Waals surface area (Å²) in [5.74, 6) is -0.192. The Morgan fingerprint density at radius 2 is 2.06 bits per heavy atom. The smallest absolute Gasteiger partial charge is 0.241 e. The highest BCUT2D eigenvalue weighted by Crippen LogP contribution is 2.14. The number of hydrogen-bond donors (Lipinski definition) is 3. The first-order chi connectivity index (χ1) is 7.88. The molecule has 1 rings (SSSR count). The van der Waals surface area contributed by atoms with Gasteiger partial charge in [-0.15, -0.1) is 0 Å². The van der Waals surface area contributed by atoms with E-state index in [2.05, 4.69) is 9.88 Å². The zero-order valence-corrected chi connectivity index (χ0v) is 10.4. The SMILES string of the molecule is Cc1ccccc1S(=O)(=O)NC(C)C(N)=NO. The van der Waals surface area contributed by atoms with Crippen molar-refractivity contribution in [3.63, 3.8) is 0 Å². The van der Waals surface area contributed by atoms with Crippen LogP contribution in [0.2, 0.25) is 0 Å². The second-order valence-corrected chi connectivity index (χ2v) is 5.32. The van der Waals surface area contributed by atoms with E-state index in [1.165, 1.54) is 13.0 Å². The highest BCUT2D eigenvalue weighted by Gasteiger charge is 2.20. The van der Waals surface area contributed by atoms with Crippen LogP contribution in [0.5, 0.6) is 0 Å². The van der Waals surface area contributed by atoms with E-state index < -0.39 is 16.1 Å². The number of amidine groups is 1. The Bertz CT molecular complexity index is 525. The van der Waals surface area contributed by atoms with Gasteiger partial charge in [0, 0.05) is 0 Å². The Morgan fingerprint density at radius 3 is 2.59 bits per heavy atom. The largest absolute Gasteiger partial charge is 0.409 e. The van der Waals surface area contributed by atoms with E-state index in [4.69, 9.17) is 10.9 Å². The molecule has 4 N–H and O–H groups in total. The number of nitrogens with zero attached hydrogens (tertiary/aromatic N) is 1. The molecule has 0 bridgehead atoms. The van der Waals surface area contributed by atoms with Gasteiger partial charge in [-0.05, 0) is 25.5 Å². The first-order valence-electron chi connectivity index (χ1n) is 4.94. The maximum Gasteiger partial charge on any atom is 0.241 e. The molecule has 1 aromatic carbocycles. The number of benzene rings is 1. The lowest BCUT2D eigenvalue weighted by atomic mass is 10.2. The Balaban J connectivity index is 3.02. The van der Waals surface area contributed by atoms with Crippen LogP contribution in [0.25, 0.3) is 0 Å². The van der Waals surface area contributed by atoms with E-state index >= 15 is 0 Å². The fourth-order valence-corrected chi connectivity index (χ4v) is 2.76. The van der Waals surface area contributed by atoms with Crippen LogP contribution in [0.15, 0.2) is 34.3 Å². The van der Waals surface area contributed by atoms with Gasteiger partial charge in [0.15, 0.2) is 5.84 Å². The Morgan fingerprint density at radius 1 is 1.47 bits per heavy atom. The molecule has 0 fully saturated rings. The number of hydrogen-bond acceptors (Lipinski definition) is 4. The summed E-state index contributed by atoms with van der Waals surface area (Å²) in [6, 6.07) is 5.81. The lowest BCUT2D eigenvalue weighted by Crippen LogP contribution is -2.42. The molecule has 0 aliphatic rings. The molecule has 0 aliphatic carbocycles. The van der Waals surface area contributed by atoms with Crippen LogP contribution in [0, 0.1) is 6.92 Å². The molecule has 0 saturated carbocycles. The molecular formula is C10H15N3O3S. The summed E-state index contributed by atoms with van der Waals surface area (Å²) in [5, 5.41) is 11.2. The topological polar surface area (TPSA) is 105 Å². The van der Waals surface area contributed by atoms with Gasteiger partial charge in [0.25, 0.3) is 0 Å². The first-order valence-corrected chi connectivity index (χ1v) is 6.42. The minimum atomic E-state index is -3.67. The van der Waals surface area contributed by atoms with E-state index in [0.29, 0.717) is 5.56 Å². The van der Waals surface area contributed by atoms with E-state index in [1.807, 2.05) is 0 Å². The van der Waals surface area contributed by atoms with Crippen LogP contribution in [0.1, 0.15) is 12.5 Å². The second kappa shape index (κ2) is 5.15. The number of rotatable bonds is 4. The molecule has 0 aliphatic heterocycles. The van der Waals surface area contributed by atoms with E-state index in [9.17, 15) is 8.42 Å². The summed E-state index contributed by atoms with van der Waals surface area (Å²) >= 11 is 0. The van der Waals surface area contributed by atoms with Crippen molar-refractivity contribution < 1.29 is 13.6 Å². The number of aryl methyl sites for hydroxylation is 1. The molecule has 0 saturated heterocycles. The Hall–Kier alpha value is -1.60. The van der Waals surface area contributed by atoms with Gasteiger partial charge in [-0.2, -0.15) is 0 Å². The van der Waals surface area contributed by atoms with Gasteiger partial charge in [0.1, 0.15) is 0 Å².